The molecule has 1 atom stereocenters. The molecule has 0 rings (SSSR count). The first kappa shape index (κ1) is 65.8. The minimum atomic E-state index is -0.788. The van der Waals surface area contributed by atoms with Crippen LogP contribution in [0.15, 0.2) is 72.9 Å². The van der Waals surface area contributed by atoms with Gasteiger partial charge in [-0.1, -0.05) is 280 Å². The molecule has 0 saturated heterocycles. The monoisotopic (exact) mass is 963 g/mol. The van der Waals surface area contributed by atoms with Gasteiger partial charge in [-0.2, -0.15) is 0 Å². The molecule has 0 aliphatic carbocycles. The van der Waals surface area contributed by atoms with Crippen LogP contribution in [0, 0.1) is 0 Å². The summed E-state index contributed by atoms with van der Waals surface area (Å²) in [7, 11) is 0. The van der Waals surface area contributed by atoms with Gasteiger partial charge in [0.1, 0.15) is 13.2 Å². The van der Waals surface area contributed by atoms with E-state index in [-0.39, 0.29) is 31.1 Å². The Morgan fingerprint density at radius 3 is 0.870 bits per heavy atom. The van der Waals surface area contributed by atoms with Gasteiger partial charge in [-0.25, -0.2) is 0 Å². The van der Waals surface area contributed by atoms with E-state index in [1.807, 2.05) is 0 Å². The zero-order valence-electron chi connectivity index (χ0n) is 45.6. The number of unbranched alkanes of at least 4 members (excludes halogenated alkanes) is 34. The fraction of sp³-hybridized carbons (Fsp3) is 0.762. The van der Waals surface area contributed by atoms with Crippen LogP contribution in [0.3, 0.4) is 0 Å². The Balaban J connectivity index is 4.41. The van der Waals surface area contributed by atoms with Gasteiger partial charge in [-0.05, 0) is 64.2 Å². The smallest absolute Gasteiger partial charge is 0.306 e. The van der Waals surface area contributed by atoms with E-state index in [4.69, 9.17) is 14.2 Å². The fourth-order valence-electron chi connectivity index (χ4n) is 8.39. The molecular weight excluding hydrogens is 853 g/mol. The van der Waals surface area contributed by atoms with Gasteiger partial charge in [-0.3, -0.25) is 14.4 Å². The Morgan fingerprint density at radius 2 is 0.565 bits per heavy atom. The van der Waals surface area contributed by atoms with Crippen molar-refractivity contribution in [1.82, 2.24) is 0 Å². The van der Waals surface area contributed by atoms with Crippen LogP contribution in [0.5, 0.6) is 0 Å². The maximum atomic E-state index is 12.9. The normalized spacial score (nSPS) is 12.6. The van der Waals surface area contributed by atoms with Gasteiger partial charge in [0, 0.05) is 19.3 Å². The summed E-state index contributed by atoms with van der Waals surface area (Å²) in [6.07, 6.45) is 73.2. The van der Waals surface area contributed by atoms with Crippen LogP contribution in [-0.2, 0) is 28.6 Å². The predicted octanol–water partition coefficient (Wildman–Crippen LogP) is 19.8. The second kappa shape index (κ2) is 57.4. The molecule has 0 bridgehead atoms. The second-order valence-electron chi connectivity index (χ2n) is 19.7. The van der Waals surface area contributed by atoms with Crippen LogP contribution in [0.25, 0.3) is 0 Å². The molecule has 0 spiro atoms. The van der Waals surface area contributed by atoms with Crippen LogP contribution >= 0.6 is 0 Å². The quantitative estimate of drug-likeness (QED) is 0.0262. The molecule has 0 fully saturated rings. The molecule has 0 saturated carbocycles. The summed E-state index contributed by atoms with van der Waals surface area (Å²) in [4.78, 5) is 38.2. The first-order valence-corrected chi connectivity index (χ1v) is 29.5. The maximum absolute atomic E-state index is 12.9. The number of carbonyl (C=O) groups excluding carboxylic acids is 3. The van der Waals surface area contributed by atoms with E-state index >= 15 is 0 Å². The average molecular weight is 964 g/mol. The van der Waals surface area contributed by atoms with E-state index in [1.54, 1.807) is 0 Å². The van der Waals surface area contributed by atoms with E-state index in [0.29, 0.717) is 19.3 Å². The summed E-state index contributed by atoms with van der Waals surface area (Å²) in [5.41, 5.74) is 0. The van der Waals surface area contributed by atoms with Crippen molar-refractivity contribution in [2.45, 2.75) is 297 Å². The molecule has 0 aliphatic heterocycles. The third-order valence-electron chi connectivity index (χ3n) is 12.8. The first-order valence-electron chi connectivity index (χ1n) is 29.5. The molecule has 6 heteroatoms. The molecule has 1 unspecified atom stereocenters. The summed E-state index contributed by atoms with van der Waals surface area (Å²) in [5, 5.41) is 0. The number of rotatable bonds is 53. The van der Waals surface area contributed by atoms with Crippen molar-refractivity contribution >= 4 is 17.9 Å². The van der Waals surface area contributed by atoms with Crippen molar-refractivity contribution in [2.24, 2.45) is 0 Å². The van der Waals surface area contributed by atoms with Crippen LogP contribution in [0.4, 0.5) is 0 Å². The van der Waals surface area contributed by atoms with E-state index in [1.165, 1.54) is 161 Å². The molecular formula is C63H110O6. The average Bonchev–Trinajstić information content (AvgIpc) is 3.35. The highest BCUT2D eigenvalue weighted by atomic mass is 16.6. The van der Waals surface area contributed by atoms with E-state index in [2.05, 4.69) is 93.7 Å². The highest BCUT2D eigenvalue weighted by Crippen LogP contribution is 2.16. The largest absolute Gasteiger partial charge is 0.462 e. The molecule has 398 valence electrons. The van der Waals surface area contributed by atoms with Gasteiger partial charge in [0.25, 0.3) is 0 Å². The van der Waals surface area contributed by atoms with Gasteiger partial charge >= 0.3 is 17.9 Å². The lowest BCUT2D eigenvalue weighted by Crippen LogP contribution is -2.30. The lowest BCUT2D eigenvalue weighted by atomic mass is 10.0. The van der Waals surface area contributed by atoms with E-state index in [0.717, 1.165) is 89.9 Å². The summed E-state index contributed by atoms with van der Waals surface area (Å²) in [5.74, 6) is -0.905. The number of carbonyl (C=O) groups is 3. The zero-order chi connectivity index (χ0) is 50.0. The maximum Gasteiger partial charge on any atom is 0.306 e. The number of esters is 3. The van der Waals surface area contributed by atoms with Crippen LogP contribution < -0.4 is 0 Å². The van der Waals surface area contributed by atoms with Crippen molar-refractivity contribution in [1.29, 1.82) is 0 Å². The summed E-state index contributed by atoms with van der Waals surface area (Å²) in [6.45, 7) is 6.50. The Labute approximate surface area is 427 Å². The van der Waals surface area contributed by atoms with Crippen molar-refractivity contribution < 1.29 is 28.6 Å². The summed E-state index contributed by atoms with van der Waals surface area (Å²) < 4.78 is 16.9. The minimum absolute atomic E-state index is 0.0865. The number of ether oxygens (including phenoxy) is 3. The highest BCUT2D eigenvalue weighted by Gasteiger charge is 2.19. The molecule has 69 heavy (non-hydrogen) atoms. The Kier molecular flexibility index (Phi) is 54.8. The van der Waals surface area contributed by atoms with Crippen molar-refractivity contribution in [3.8, 4) is 0 Å². The molecule has 0 aromatic carbocycles. The van der Waals surface area contributed by atoms with Crippen LogP contribution in [0.1, 0.15) is 290 Å². The van der Waals surface area contributed by atoms with Crippen molar-refractivity contribution in [3.05, 3.63) is 72.9 Å². The SMILES string of the molecule is CC\C=C/C=C\C=C/CCCCCCCCCC(=O)OCC(COC(=O)CCCCCCC\C=C/C=C\C=C/CCCCCCC)OC(=O)CCCCCCCCCCCCCCCCCCCC. The summed E-state index contributed by atoms with van der Waals surface area (Å²) in [6, 6.07) is 0. The lowest BCUT2D eigenvalue weighted by Gasteiger charge is -2.18. The van der Waals surface area contributed by atoms with Crippen LogP contribution in [0.2, 0.25) is 0 Å². The lowest BCUT2D eigenvalue weighted by molar-refractivity contribution is -0.167. The molecule has 0 amide bonds. The Bertz CT molecular complexity index is 1290. The highest BCUT2D eigenvalue weighted by molar-refractivity contribution is 5.71. The van der Waals surface area contributed by atoms with Gasteiger partial charge in [-0.15, -0.1) is 0 Å². The van der Waals surface area contributed by atoms with Gasteiger partial charge < -0.3 is 14.2 Å². The van der Waals surface area contributed by atoms with E-state index < -0.39 is 6.10 Å². The zero-order valence-corrected chi connectivity index (χ0v) is 45.6. The van der Waals surface area contributed by atoms with Gasteiger partial charge in [0.15, 0.2) is 6.10 Å². The molecule has 6 nitrogen and oxygen atoms in total. The minimum Gasteiger partial charge on any atom is -0.462 e. The van der Waals surface area contributed by atoms with Crippen molar-refractivity contribution in [3.63, 3.8) is 0 Å². The van der Waals surface area contributed by atoms with E-state index in [9.17, 15) is 14.4 Å². The third-order valence-corrected chi connectivity index (χ3v) is 12.8. The van der Waals surface area contributed by atoms with Crippen LogP contribution in [-0.4, -0.2) is 37.2 Å². The third kappa shape index (κ3) is 55.6. The molecule has 0 aliphatic rings. The Morgan fingerprint density at radius 1 is 0.304 bits per heavy atom. The molecule has 0 heterocycles. The topological polar surface area (TPSA) is 78.9 Å². The predicted molar refractivity (Wildman–Crippen MR) is 298 cm³/mol. The standard InChI is InChI=1S/C63H110O6/c1-4-7-10-13-16-19-22-25-28-30-32-35-38-41-44-47-50-53-56-62(65)68-59-60(58-67-61(64)55-52-49-46-43-40-37-34-27-24-21-18-15-12-9-6-3)69-63(66)57-54-51-48-45-42-39-36-33-31-29-26-23-20-17-14-11-8-5-2/h9,12,15,18,21-22,24-25,28,30,32,35,60H,4-8,10-11,13-14,16-17,19-20,23,26-27,29,31,33-34,36-59H2,1-3H3/b12-9-,18-15-,24-21-,25-22-,30-28-,35-32-. The second-order valence-corrected chi connectivity index (χ2v) is 19.7. The molecule has 0 aromatic rings. The van der Waals surface area contributed by atoms with Crippen molar-refractivity contribution in [2.75, 3.05) is 13.2 Å². The number of hydrogen-bond donors (Lipinski definition) is 0. The number of hydrogen-bond acceptors (Lipinski definition) is 6. The van der Waals surface area contributed by atoms with Gasteiger partial charge in [0.05, 0.1) is 0 Å². The number of allylic oxidation sites excluding steroid dienone is 12. The fourth-order valence-corrected chi connectivity index (χ4v) is 8.39. The molecule has 0 N–H and O–H groups in total. The Hall–Kier alpha value is -3.15. The first-order chi connectivity index (χ1) is 34.0. The molecule has 0 radical (unpaired) electrons. The summed E-state index contributed by atoms with van der Waals surface area (Å²) >= 11 is 0. The van der Waals surface area contributed by atoms with Gasteiger partial charge in [0.2, 0.25) is 0 Å². The molecule has 0 aromatic heterocycles.